The van der Waals surface area contributed by atoms with Crippen LogP contribution in [0.1, 0.15) is 78.1 Å². The molecule has 1 fully saturated rings. The number of nitrogens with zero attached hydrogens (tertiary/aromatic N) is 2. The molecule has 1 unspecified atom stereocenters. The van der Waals surface area contributed by atoms with Gasteiger partial charge in [-0.2, -0.15) is 4.98 Å². The molecule has 2 rings (SSSR count). The number of hydrogen-bond donors (Lipinski definition) is 1. The second-order valence-corrected chi connectivity index (χ2v) is 8.16. The number of nitrogens with two attached hydrogens (primary N) is 1. The number of hydrogen-bond acceptors (Lipinski definition) is 5. The molecule has 1 aliphatic carbocycles. The molecule has 0 spiro atoms. The van der Waals surface area contributed by atoms with Gasteiger partial charge in [-0.05, 0) is 36.5 Å². The van der Waals surface area contributed by atoms with E-state index in [9.17, 15) is 0 Å². The van der Waals surface area contributed by atoms with Crippen molar-refractivity contribution in [2.24, 2.45) is 16.6 Å². The zero-order chi connectivity index (χ0) is 15.9. The van der Waals surface area contributed by atoms with Gasteiger partial charge in [0.05, 0.1) is 6.04 Å². The van der Waals surface area contributed by atoms with Gasteiger partial charge < -0.3 is 15.0 Å². The molecule has 0 saturated heterocycles. The second-order valence-electron chi connectivity index (χ2n) is 8.16. The SMILES string of the molecule is COC1(c2noc(C(N)C(C)(C)C)n2)CCC(C)(C)CC1. The lowest BCUT2D eigenvalue weighted by Crippen LogP contribution is -2.37. The van der Waals surface area contributed by atoms with E-state index in [0.29, 0.717) is 17.1 Å². The molecule has 0 amide bonds. The average molecular weight is 295 g/mol. The molecule has 1 aromatic rings. The van der Waals surface area contributed by atoms with Crippen LogP contribution in [0.3, 0.4) is 0 Å². The van der Waals surface area contributed by atoms with E-state index in [1.54, 1.807) is 7.11 Å². The Bertz CT molecular complexity index is 478. The van der Waals surface area contributed by atoms with Crippen LogP contribution in [0.25, 0.3) is 0 Å². The standard InChI is InChI=1S/C16H29N3O2/c1-14(2,3)11(17)12-18-13(19-21-12)16(20-6)9-7-15(4,5)8-10-16/h11H,7-10,17H2,1-6H3. The molecule has 1 atom stereocenters. The minimum atomic E-state index is -0.422. The first-order chi connectivity index (χ1) is 9.60. The summed E-state index contributed by atoms with van der Waals surface area (Å²) in [5, 5.41) is 4.17. The minimum absolute atomic E-state index is 0.113. The lowest BCUT2D eigenvalue weighted by atomic mass is 9.70. The third kappa shape index (κ3) is 3.29. The summed E-state index contributed by atoms with van der Waals surface area (Å²) < 4.78 is 11.2. The highest BCUT2D eigenvalue weighted by molar-refractivity contribution is 5.07. The Morgan fingerprint density at radius 3 is 2.24 bits per heavy atom. The molecule has 5 nitrogen and oxygen atoms in total. The van der Waals surface area contributed by atoms with E-state index in [1.807, 2.05) is 0 Å². The first kappa shape index (κ1) is 16.4. The molecule has 0 bridgehead atoms. The Kier molecular flexibility index (Phi) is 4.19. The van der Waals surface area contributed by atoms with Gasteiger partial charge in [0.25, 0.3) is 0 Å². The fourth-order valence-corrected chi connectivity index (χ4v) is 2.77. The third-order valence-electron chi connectivity index (χ3n) is 4.85. The van der Waals surface area contributed by atoms with Crippen LogP contribution in [0.15, 0.2) is 4.52 Å². The number of aromatic nitrogens is 2. The molecule has 1 aliphatic rings. The third-order valence-corrected chi connectivity index (χ3v) is 4.85. The topological polar surface area (TPSA) is 74.2 Å². The van der Waals surface area contributed by atoms with E-state index >= 15 is 0 Å². The van der Waals surface area contributed by atoms with E-state index in [4.69, 9.17) is 15.0 Å². The van der Waals surface area contributed by atoms with Crippen LogP contribution in [0.4, 0.5) is 0 Å². The quantitative estimate of drug-likeness (QED) is 0.923. The maximum absolute atomic E-state index is 6.21. The maximum atomic E-state index is 6.21. The van der Waals surface area contributed by atoms with Crippen LogP contribution in [-0.4, -0.2) is 17.3 Å². The lowest BCUT2D eigenvalue weighted by Gasteiger charge is -2.40. The molecule has 21 heavy (non-hydrogen) atoms. The Hall–Kier alpha value is -0.940. The van der Waals surface area contributed by atoms with E-state index in [1.165, 1.54) is 0 Å². The Morgan fingerprint density at radius 1 is 1.19 bits per heavy atom. The zero-order valence-electron chi connectivity index (χ0n) is 14.2. The average Bonchev–Trinajstić information content (AvgIpc) is 2.87. The Balaban J connectivity index is 2.23. The second kappa shape index (κ2) is 5.36. The summed E-state index contributed by atoms with van der Waals surface area (Å²) in [6.07, 6.45) is 4.02. The Morgan fingerprint density at radius 2 is 1.76 bits per heavy atom. The molecule has 0 aromatic carbocycles. The molecule has 0 aliphatic heterocycles. The molecule has 120 valence electrons. The van der Waals surface area contributed by atoms with Crippen molar-refractivity contribution >= 4 is 0 Å². The molecule has 1 heterocycles. The summed E-state index contributed by atoms with van der Waals surface area (Å²) in [7, 11) is 1.73. The summed E-state index contributed by atoms with van der Waals surface area (Å²) in [5.41, 5.74) is 6.03. The summed E-state index contributed by atoms with van der Waals surface area (Å²) in [5.74, 6) is 1.15. The van der Waals surface area contributed by atoms with Crippen molar-refractivity contribution in [3.63, 3.8) is 0 Å². The molecular weight excluding hydrogens is 266 g/mol. The molecule has 1 aromatic heterocycles. The molecule has 5 heteroatoms. The fraction of sp³-hybridized carbons (Fsp3) is 0.875. The highest BCUT2D eigenvalue weighted by atomic mass is 16.5. The van der Waals surface area contributed by atoms with Gasteiger partial charge in [0, 0.05) is 7.11 Å². The predicted molar refractivity (Wildman–Crippen MR) is 81.6 cm³/mol. The van der Waals surface area contributed by atoms with Gasteiger partial charge in [0.1, 0.15) is 5.60 Å². The van der Waals surface area contributed by atoms with Crippen LogP contribution >= 0.6 is 0 Å². The van der Waals surface area contributed by atoms with Crippen molar-refractivity contribution in [1.82, 2.24) is 10.1 Å². The largest absolute Gasteiger partial charge is 0.370 e. The first-order valence-electron chi connectivity index (χ1n) is 7.74. The summed E-state index contributed by atoms with van der Waals surface area (Å²) in [6, 6.07) is -0.271. The van der Waals surface area contributed by atoms with E-state index in [-0.39, 0.29) is 11.5 Å². The number of rotatable bonds is 3. The van der Waals surface area contributed by atoms with Crippen molar-refractivity contribution in [3.8, 4) is 0 Å². The molecule has 1 saturated carbocycles. The van der Waals surface area contributed by atoms with E-state index < -0.39 is 5.60 Å². The van der Waals surface area contributed by atoms with Crippen LogP contribution in [0.5, 0.6) is 0 Å². The molecular formula is C16H29N3O2. The van der Waals surface area contributed by atoms with Crippen molar-refractivity contribution in [2.45, 2.75) is 71.9 Å². The van der Waals surface area contributed by atoms with Crippen LogP contribution < -0.4 is 5.73 Å². The van der Waals surface area contributed by atoms with Gasteiger partial charge in [0.2, 0.25) is 11.7 Å². The Labute approximate surface area is 127 Å². The fourth-order valence-electron chi connectivity index (χ4n) is 2.77. The first-order valence-corrected chi connectivity index (χ1v) is 7.74. The van der Waals surface area contributed by atoms with Gasteiger partial charge in [0.15, 0.2) is 0 Å². The maximum Gasteiger partial charge on any atom is 0.244 e. The summed E-state index contributed by atoms with van der Waals surface area (Å²) in [6.45, 7) is 10.8. The van der Waals surface area contributed by atoms with E-state index in [2.05, 4.69) is 44.8 Å². The van der Waals surface area contributed by atoms with Crippen LogP contribution in [-0.2, 0) is 10.3 Å². The molecule has 2 N–H and O–H groups in total. The highest BCUT2D eigenvalue weighted by Crippen LogP contribution is 2.46. The van der Waals surface area contributed by atoms with Gasteiger partial charge in [-0.25, -0.2) is 0 Å². The van der Waals surface area contributed by atoms with Gasteiger partial charge in [-0.1, -0.05) is 39.8 Å². The van der Waals surface area contributed by atoms with Crippen LogP contribution in [0, 0.1) is 10.8 Å². The smallest absolute Gasteiger partial charge is 0.244 e. The summed E-state index contributed by atoms with van der Waals surface area (Å²) in [4.78, 5) is 4.56. The monoisotopic (exact) mass is 295 g/mol. The van der Waals surface area contributed by atoms with Gasteiger partial charge >= 0.3 is 0 Å². The van der Waals surface area contributed by atoms with Crippen molar-refractivity contribution in [2.75, 3.05) is 7.11 Å². The lowest BCUT2D eigenvalue weighted by molar-refractivity contribution is -0.0740. The molecule has 0 radical (unpaired) electrons. The predicted octanol–water partition coefficient (Wildman–Crippen LogP) is 3.56. The van der Waals surface area contributed by atoms with Crippen molar-refractivity contribution in [3.05, 3.63) is 11.7 Å². The minimum Gasteiger partial charge on any atom is -0.370 e. The van der Waals surface area contributed by atoms with Gasteiger partial charge in [-0.15, -0.1) is 0 Å². The van der Waals surface area contributed by atoms with Crippen molar-refractivity contribution < 1.29 is 9.26 Å². The zero-order valence-corrected chi connectivity index (χ0v) is 14.2. The van der Waals surface area contributed by atoms with Crippen LogP contribution in [0.2, 0.25) is 0 Å². The summed E-state index contributed by atoms with van der Waals surface area (Å²) >= 11 is 0. The van der Waals surface area contributed by atoms with Crippen molar-refractivity contribution in [1.29, 1.82) is 0 Å². The number of ether oxygens (including phenoxy) is 1. The van der Waals surface area contributed by atoms with Gasteiger partial charge in [-0.3, -0.25) is 0 Å². The highest BCUT2D eigenvalue weighted by Gasteiger charge is 2.44. The normalized spacial score (nSPS) is 23.0. The van der Waals surface area contributed by atoms with E-state index in [0.717, 1.165) is 25.7 Å². The number of methoxy groups -OCH3 is 1.